The first-order valence-electron chi connectivity index (χ1n) is 8.20. The number of carbonyl (C=O) groups is 2. The highest BCUT2D eigenvalue weighted by Gasteiger charge is 2.21. The van der Waals surface area contributed by atoms with E-state index in [1.165, 1.54) is 12.4 Å². The fourth-order valence-electron chi connectivity index (χ4n) is 2.27. The zero-order chi connectivity index (χ0) is 18.4. The Morgan fingerprint density at radius 2 is 1.76 bits per heavy atom. The molecule has 0 saturated carbocycles. The molecule has 0 aliphatic rings. The van der Waals surface area contributed by atoms with Gasteiger partial charge in [0.15, 0.2) is 0 Å². The molecule has 25 heavy (non-hydrogen) atoms. The van der Waals surface area contributed by atoms with Crippen LogP contribution in [0.2, 0.25) is 0 Å². The van der Waals surface area contributed by atoms with Gasteiger partial charge in [-0.25, -0.2) is 4.98 Å². The molecule has 1 aromatic heterocycles. The smallest absolute Gasteiger partial charge is 0.308 e. The van der Waals surface area contributed by atoms with Crippen molar-refractivity contribution in [2.24, 2.45) is 0 Å². The van der Waals surface area contributed by atoms with Crippen molar-refractivity contribution < 1.29 is 14.3 Å². The molecule has 1 atom stereocenters. The minimum Gasteiger partial charge on any atom is -0.463 e. The van der Waals surface area contributed by atoms with Crippen molar-refractivity contribution >= 4 is 11.9 Å². The number of aryl methyl sites for hydroxylation is 2. The summed E-state index contributed by atoms with van der Waals surface area (Å²) in [6, 6.07) is 7.16. The van der Waals surface area contributed by atoms with Crippen LogP contribution in [0.4, 0.5) is 0 Å². The average molecular weight is 341 g/mol. The molecular weight excluding hydrogens is 318 g/mol. The zero-order valence-corrected chi connectivity index (χ0v) is 14.9. The van der Waals surface area contributed by atoms with Crippen molar-refractivity contribution in [3.63, 3.8) is 0 Å². The van der Waals surface area contributed by atoms with Crippen molar-refractivity contribution in [2.75, 3.05) is 0 Å². The van der Waals surface area contributed by atoms with Crippen LogP contribution in [0.15, 0.2) is 36.7 Å². The molecule has 1 N–H and O–H groups in total. The Kier molecular flexibility index (Phi) is 6.22. The third kappa shape index (κ3) is 5.67. The molecule has 132 valence electrons. The van der Waals surface area contributed by atoms with Crippen LogP contribution in [0.5, 0.6) is 0 Å². The van der Waals surface area contributed by atoms with E-state index in [1.54, 1.807) is 20.8 Å². The Balaban J connectivity index is 2.18. The van der Waals surface area contributed by atoms with Crippen molar-refractivity contribution in [3.05, 3.63) is 59.2 Å². The molecule has 0 spiro atoms. The maximum Gasteiger partial charge on any atom is 0.308 e. The molecule has 1 aromatic carbocycles. The molecule has 6 nitrogen and oxygen atoms in total. The monoisotopic (exact) mass is 341 g/mol. The summed E-state index contributed by atoms with van der Waals surface area (Å²) in [5.74, 6) is -0.744. The summed E-state index contributed by atoms with van der Waals surface area (Å²) >= 11 is 0. The van der Waals surface area contributed by atoms with E-state index in [0.29, 0.717) is 0 Å². The molecule has 2 rings (SSSR count). The lowest BCUT2D eigenvalue weighted by Crippen LogP contribution is -2.31. The van der Waals surface area contributed by atoms with E-state index in [9.17, 15) is 9.59 Å². The van der Waals surface area contributed by atoms with Crippen LogP contribution >= 0.6 is 0 Å². The summed E-state index contributed by atoms with van der Waals surface area (Å²) in [6.07, 6.45) is 2.79. The van der Waals surface area contributed by atoms with E-state index >= 15 is 0 Å². The minimum absolute atomic E-state index is 0.0479. The maximum atomic E-state index is 12.4. The number of rotatable bonds is 6. The highest BCUT2D eigenvalue weighted by atomic mass is 16.5. The van der Waals surface area contributed by atoms with E-state index in [0.717, 1.165) is 16.8 Å². The molecule has 2 aromatic rings. The van der Waals surface area contributed by atoms with Crippen LogP contribution in [0.25, 0.3) is 0 Å². The Hall–Kier alpha value is -2.76. The van der Waals surface area contributed by atoms with Gasteiger partial charge < -0.3 is 10.1 Å². The van der Waals surface area contributed by atoms with Crippen molar-refractivity contribution in [2.45, 2.75) is 46.3 Å². The summed E-state index contributed by atoms with van der Waals surface area (Å²) in [6.45, 7) is 7.36. The SMILES string of the molecule is Cc1ccc(C(CC(=O)OC(C)C)NC(=O)c2cnc(C)cn2)cc1. The van der Waals surface area contributed by atoms with Crippen LogP contribution in [0.1, 0.15) is 53.6 Å². The van der Waals surface area contributed by atoms with Gasteiger partial charge in [0.05, 0.1) is 30.5 Å². The number of hydrogen-bond donors (Lipinski definition) is 1. The van der Waals surface area contributed by atoms with Crippen LogP contribution < -0.4 is 5.32 Å². The number of nitrogens with zero attached hydrogens (tertiary/aromatic N) is 2. The topological polar surface area (TPSA) is 81.2 Å². The van der Waals surface area contributed by atoms with Gasteiger partial charge in [-0.3, -0.25) is 14.6 Å². The summed E-state index contributed by atoms with van der Waals surface area (Å²) in [7, 11) is 0. The molecule has 0 bridgehead atoms. The molecular formula is C19H23N3O3. The lowest BCUT2D eigenvalue weighted by atomic mass is 10.0. The molecule has 0 saturated heterocycles. The molecule has 0 aliphatic carbocycles. The van der Waals surface area contributed by atoms with Gasteiger partial charge in [0, 0.05) is 6.20 Å². The minimum atomic E-state index is -0.498. The number of nitrogens with one attached hydrogen (secondary N) is 1. The van der Waals surface area contributed by atoms with E-state index in [-0.39, 0.29) is 30.1 Å². The first-order chi connectivity index (χ1) is 11.8. The summed E-state index contributed by atoms with van der Waals surface area (Å²) in [4.78, 5) is 32.7. The quantitative estimate of drug-likeness (QED) is 0.817. The number of carbonyl (C=O) groups excluding carboxylic acids is 2. The molecule has 1 unspecified atom stereocenters. The van der Waals surface area contributed by atoms with Gasteiger partial charge in [-0.15, -0.1) is 0 Å². The number of esters is 1. The predicted molar refractivity (Wildman–Crippen MR) is 94.0 cm³/mol. The molecule has 0 aliphatic heterocycles. The Morgan fingerprint density at radius 1 is 1.08 bits per heavy atom. The van der Waals surface area contributed by atoms with E-state index in [1.807, 2.05) is 31.2 Å². The van der Waals surface area contributed by atoms with Gasteiger partial charge in [-0.05, 0) is 33.3 Å². The van der Waals surface area contributed by atoms with E-state index < -0.39 is 6.04 Å². The Labute approximate surface area is 147 Å². The number of hydrogen-bond acceptors (Lipinski definition) is 5. The van der Waals surface area contributed by atoms with Gasteiger partial charge in [0.2, 0.25) is 0 Å². The fourth-order valence-corrected chi connectivity index (χ4v) is 2.27. The molecule has 0 fully saturated rings. The van der Waals surface area contributed by atoms with Crippen molar-refractivity contribution in [1.29, 1.82) is 0 Å². The molecule has 6 heteroatoms. The van der Waals surface area contributed by atoms with Crippen LogP contribution in [-0.2, 0) is 9.53 Å². The summed E-state index contributed by atoms with van der Waals surface area (Å²) < 4.78 is 5.21. The Morgan fingerprint density at radius 3 is 2.32 bits per heavy atom. The van der Waals surface area contributed by atoms with Gasteiger partial charge in [0.25, 0.3) is 5.91 Å². The van der Waals surface area contributed by atoms with E-state index in [2.05, 4.69) is 15.3 Å². The highest BCUT2D eigenvalue weighted by molar-refractivity contribution is 5.92. The van der Waals surface area contributed by atoms with Gasteiger partial charge >= 0.3 is 5.97 Å². The average Bonchev–Trinajstić information content (AvgIpc) is 2.54. The Bertz CT molecular complexity index is 725. The first-order valence-corrected chi connectivity index (χ1v) is 8.20. The molecule has 1 heterocycles. The maximum absolute atomic E-state index is 12.4. The first kappa shape index (κ1) is 18.6. The number of ether oxygens (including phenoxy) is 1. The predicted octanol–water partition coefficient (Wildman–Crippen LogP) is 2.91. The highest BCUT2D eigenvalue weighted by Crippen LogP contribution is 2.19. The summed E-state index contributed by atoms with van der Waals surface area (Å²) in [5.41, 5.74) is 2.87. The third-order valence-corrected chi connectivity index (χ3v) is 3.54. The normalized spacial score (nSPS) is 11.9. The van der Waals surface area contributed by atoms with Gasteiger partial charge in [0.1, 0.15) is 5.69 Å². The van der Waals surface area contributed by atoms with Gasteiger partial charge in [-0.1, -0.05) is 29.8 Å². The zero-order valence-electron chi connectivity index (χ0n) is 14.9. The second kappa shape index (κ2) is 8.37. The van der Waals surface area contributed by atoms with E-state index in [4.69, 9.17) is 4.74 Å². The second-order valence-corrected chi connectivity index (χ2v) is 6.22. The van der Waals surface area contributed by atoms with Crippen molar-refractivity contribution in [3.8, 4) is 0 Å². The fraction of sp³-hybridized carbons (Fsp3) is 0.368. The van der Waals surface area contributed by atoms with Crippen LogP contribution in [0.3, 0.4) is 0 Å². The lowest BCUT2D eigenvalue weighted by Gasteiger charge is -2.19. The summed E-state index contributed by atoms with van der Waals surface area (Å²) in [5, 5.41) is 2.85. The number of aromatic nitrogens is 2. The van der Waals surface area contributed by atoms with Crippen LogP contribution in [0, 0.1) is 13.8 Å². The standard InChI is InChI=1S/C19H23N3O3/c1-12(2)25-18(23)9-16(15-7-5-13(3)6-8-15)22-19(24)17-11-20-14(4)10-21-17/h5-8,10-12,16H,9H2,1-4H3,(H,22,24). The largest absolute Gasteiger partial charge is 0.463 e. The molecule has 1 amide bonds. The van der Waals surface area contributed by atoms with Gasteiger partial charge in [-0.2, -0.15) is 0 Å². The number of benzene rings is 1. The third-order valence-electron chi connectivity index (χ3n) is 3.54. The second-order valence-electron chi connectivity index (χ2n) is 6.22. The number of amides is 1. The van der Waals surface area contributed by atoms with Crippen molar-refractivity contribution in [1.82, 2.24) is 15.3 Å². The lowest BCUT2D eigenvalue weighted by molar-refractivity contribution is -0.147. The van der Waals surface area contributed by atoms with Crippen LogP contribution in [-0.4, -0.2) is 27.9 Å². The molecule has 0 radical (unpaired) electrons.